The molecule has 1 atom stereocenters. The fraction of sp³-hybridized carbons (Fsp3) is 0.526. The van der Waals surface area contributed by atoms with Gasteiger partial charge in [0.1, 0.15) is 5.54 Å². The van der Waals surface area contributed by atoms with Crippen LogP contribution in [0.2, 0.25) is 10.0 Å². The molecule has 28 heavy (non-hydrogen) atoms. The zero-order chi connectivity index (χ0) is 20.9. The molecule has 3 amide bonds. The Morgan fingerprint density at radius 3 is 2.43 bits per heavy atom. The van der Waals surface area contributed by atoms with Gasteiger partial charge in [0.2, 0.25) is 5.91 Å². The minimum atomic E-state index is -1.10. The second-order valence-electron chi connectivity index (χ2n) is 7.19. The van der Waals surface area contributed by atoms with E-state index in [1.165, 1.54) is 6.07 Å². The van der Waals surface area contributed by atoms with E-state index in [0.717, 1.165) is 0 Å². The number of amides is 3. The van der Waals surface area contributed by atoms with Gasteiger partial charge in [-0.25, -0.2) is 4.79 Å². The van der Waals surface area contributed by atoms with E-state index in [1.807, 2.05) is 6.92 Å². The summed E-state index contributed by atoms with van der Waals surface area (Å²) < 4.78 is 0. The number of urea groups is 1. The standard InChI is InChI=1S/C19H25Cl2N3O4/c1-3-8-19(2,17(27)24-9-6-12(7-10-24)16(25)26)23-18(28)22-15-5-4-13(20)11-14(15)21/h4-5,11-12H,3,6-10H2,1-2H3,(H,25,26)(H2,22,23,28). The van der Waals surface area contributed by atoms with E-state index in [4.69, 9.17) is 28.3 Å². The maximum absolute atomic E-state index is 13.1. The molecule has 0 aliphatic carbocycles. The summed E-state index contributed by atoms with van der Waals surface area (Å²) in [7, 11) is 0. The second-order valence-corrected chi connectivity index (χ2v) is 8.03. The number of rotatable bonds is 6. The molecule has 1 aliphatic rings. The molecule has 0 saturated carbocycles. The highest BCUT2D eigenvalue weighted by molar-refractivity contribution is 6.36. The summed E-state index contributed by atoms with van der Waals surface area (Å²) in [6.45, 7) is 4.34. The van der Waals surface area contributed by atoms with E-state index < -0.39 is 23.5 Å². The lowest BCUT2D eigenvalue weighted by Gasteiger charge is -2.38. The van der Waals surface area contributed by atoms with Gasteiger partial charge in [0, 0.05) is 18.1 Å². The molecular weight excluding hydrogens is 405 g/mol. The molecule has 0 radical (unpaired) electrons. The van der Waals surface area contributed by atoms with Gasteiger partial charge in [-0.15, -0.1) is 0 Å². The third-order valence-electron chi connectivity index (χ3n) is 4.92. The van der Waals surface area contributed by atoms with Gasteiger partial charge < -0.3 is 20.6 Å². The number of aliphatic carboxylic acids is 1. The van der Waals surface area contributed by atoms with E-state index in [-0.39, 0.29) is 5.91 Å². The highest BCUT2D eigenvalue weighted by atomic mass is 35.5. The molecule has 1 aromatic rings. The van der Waals surface area contributed by atoms with Crippen molar-refractivity contribution < 1.29 is 19.5 Å². The van der Waals surface area contributed by atoms with Crippen LogP contribution in [-0.4, -0.2) is 46.5 Å². The number of carboxylic acid groups (broad SMARTS) is 1. The van der Waals surface area contributed by atoms with Crippen LogP contribution in [0.4, 0.5) is 10.5 Å². The van der Waals surface area contributed by atoms with Crippen molar-refractivity contribution in [2.75, 3.05) is 18.4 Å². The maximum atomic E-state index is 13.1. The van der Waals surface area contributed by atoms with Gasteiger partial charge in [0.15, 0.2) is 0 Å². The summed E-state index contributed by atoms with van der Waals surface area (Å²) in [5.41, 5.74) is -0.717. The lowest BCUT2D eigenvalue weighted by Crippen LogP contribution is -2.59. The average molecular weight is 430 g/mol. The SMILES string of the molecule is CCCC(C)(NC(=O)Nc1ccc(Cl)cc1Cl)C(=O)N1CCC(C(=O)O)CC1. The van der Waals surface area contributed by atoms with Crippen molar-refractivity contribution >= 4 is 46.8 Å². The number of carbonyl (C=O) groups excluding carboxylic acids is 2. The summed E-state index contributed by atoms with van der Waals surface area (Å²) in [5, 5.41) is 15.3. The molecule has 1 fully saturated rings. The Morgan fingerprint density at radius 2 is 1.89 bits per heavy atom. The third kappa shape index (κ3) is 5.52. The van der Waals surface area contributed by atoms with Crippen LogP contribution in [0, 0.1) is 5.92 Å². The molecule has 0 bridgehead atoms. The van der Waals surface area contributed by atoms with Crippen molar-refractivity contribution in [3.63, 3.8) is 0 Å². The zero-order valence-corrected chi connectivity index (χ0v) is 17.4. The first-order valence-corrected chi connectivity index (χ1v) is 9.98. The third-order valence-corrected chi connectivity index (χ3v) is 5.47. The Balaban J connectivity index is 2.06. The smallest absolute Gasteiger partial charge is 0.320 e. The first-order chi connectivity index (χ1) is 13.2. The largest absolute Gasteiger partial charge is 0.481 e. The van der Waals surface area contributed by atoms with Crippen molar-refractivity contribution in [1.82, 2.24) is 10.2 Å². The number of halogens is 2. The molecule has 9 heteroatoms. The van der Waals surface area contributed by atoms with Crippen LogP contribution in [0.3, 0.4) is 0 Å². The Hall–Kier alpha value is -1.99. The fourth-order valence-corrected chi connectivity index (χ4v) is 3.85. The molecule has 154 valence electrons. The van der Waals surface area contributed by atoms with Crippen LogP contribution >= 0.6 is 23.2 Å². The molecule has 1 aromatic carbocycles. The highest BCUT2D eigenvalue weighted by Crippen LogP contribution is 2.26. The number of piperidine rings is 1. The monoisotopic (exact) mass is 429 g/mol. The summed E-state index contributed by atoms with van der Waals surface area (Å²) in [4.78, 5) is 38.3. The van der Waals surface area contributed by atoms with Gasteiger partial charge in [-0.3, -0.25) is 9.59 Å². The van der Waals surface area contributed by atoms with Gasteiger partial charge in [-0.1, -0.05) is 36.5 Å². The molecule has 1 aliphatic heterocycles. The van der Waals surface area contributed by atoms with Crippen LogP contribution in [0.25, 0.3) is 0 Å². The Labute approximate surface area is 174 Å². The molecule has 1 unspecified atom stereocenters. The lowest BCUT2D eigenvalue weighted by molar-refractivity contribution is -0.147. The number of benzene rings is 1. The van der Waals surface area contributed by atoms with Gasteiger partial charge in [0.05, 0.1) is 16.6 Å². The molecule has 0 spiro atoms. The number of likely N-dealkylation sites (tertiary alicyclic amines) is 1. The molecule has 2 rings (SSSR count). The molecule has 7 nitrogen and oxygen atoms in total. The molecule has 0 aromatic heterocycles. The predicted octanol–water partition coefficient (Wildman–Crippen LogP) is 4.00. The molecule has 1 heterocycles. The lowest BCUT2D eigenvalue weighted by atomic mass is 9.91. The van der Waals surface area contributed by atoms with Crippen LogP contribution < -0.4 is 10.6 Å². The Bertz CT molecular complexity index is 751. The number of anilines is 1. The van der Waals surface area contributed by atoms with E-state index in [0.29, 0.717) is 54.5 Å². The van der Waals surface area contributed by atoms with Crippen LogP contribution in [0.15, 0.2) is 18.2 Å². The Morgan fingerprint density at radius 1 is 1.25 bits per heavy atom. The number of hydrogen-bond donors (Lipinski definition) is 3. The second kappa shape index (κ2) is 9.47. The average Bonchev–Trinajstić information content (AvgIpc) is 2.63. The molecule has 1 saturated heterocycles. The topological polar surface area (TPSA) is 98.7 Å². The summed E-state index contributed by atoms with van der Waals surface area (Å²) in [5.74, 6) is -1.47. The van der Waals surface area contributed by atoms with Crippen LogP contribution in [0.1, 0.15) is 39.5 Å². The van der Waals surface area contributed by atoms with Crippen LogP contribution in [0.5, 0.6) is 0 Å². The van der Waals surface area contributed by atoms with E-state index >= 15 is 0 Å². The van der Waals surface area contributed by atoms with Crippen molar-refractivity contribution in [1.29, 1.82) is 0 Å². The zero-order valence-electron chi connectivity index (χ0n) is 15.9. The van der Waals surface area contributed by atoms with Gasteiger partial charge in [0.25, 0.3) is 0 Å². The van der Waals surface area contributed by atoms with E-state index in [1.54, 1.807) is 24.0 Å². The maximum Gasteiger partial charge on any atom is 0.320 e. The van der Waals surface area contributed by atoms with Gasteiger partial charge in [-0.2, -0.15) is 0 Å². The molecule has 3 N–H and O–H groups in total. The number of carbonyl (C=O) groups is 3. The normalized spacial score (nSPS) is 16.9. The van der Waals surface area contributed by atoms with Crippen molar-refractivity contribution in [3.05, 3.63) is 28.2 Å². The van der Waals surface area contributed by atoms with E-state index in [9.17, 15) is 14.4 Å². The first kappa shape index (κ1) is 22.3. The van der Waals surface area contributed by atoms with Gasteiger partial charge >= 0.3 is 12.0 Å². The summed E-state index contributed by atoms with van der Waals surface area (Å²) >= 11 is 11.9. The van der Waals surface area contributed by atoms with E-state index in [2.05, 4.69) is 10.6 Å². The number of hydrogen-bond acceptors (Lipinski definition) is 3. The molecular formula is C19H25Cl2N3O4. The number of nitrogens with one attached hydrogen (secondary N) is 2. The number of nitrogens with zero attached hydrogens (tertiary/aromatic N) is 1. The fourth-order valence-electron chi connectivity index (χ4n) is 3.40. The van der Waals surface area contributed by atoms with Crippen molar-refractivity contribution in [3.8, 4) is 0 Å². The van der Waals surface area contributed by atoms with Gasteiger partial charge in [-0.05, 0) is 44.4 Å². The van der Waals surface area contributed by atoms with Crippen LogP contribution in [-0.2, 0) is 9.59 Å². The number of carboxylic acids is 1. The quantitative estimate of drug-likeness (QED) is 0.636. The Kier molecular flexibility index (Phi) is 7.55. The van der Waals surface area contributed by atoms with Crippen molar-refractivity contribution in [2.45, 2.75) is 45.1 Å². The minimum Gasteiger partial charge on any atom is -0.481 e. The van der Waals surface area contributed by atoms with Crippen molar-refractivity contribution in [2.24, 2.45) is 5.92 Å². The first-order valence-electron chi connectivity index (χ1n) is 9.22. The summed E-state index contributed by atoms with van der Waals surface area (Å²) in [6, 6.07) is 4.15. The summed E-state index contributed by atoms with van der Waals surface area (Å²) in [6.07, 6.45) is 1.97. The minimum absolute atomic E-state index is 0.212. The highest BCUT2D eigenvalue weighted by Gasteiger charge is 2.39. The predicted molar refractivity (Wildman–Crippen MR) is 109 cm³/mol.